The van der Waals surface area contributed by atoms with Crippen LogP contribution in [0.25, 0.3) is 0 Å². The first kappa shape index (κ1) is 13.1. The molecule has 2 aromatic rings. The van der Waals surface area contributed by atoms with Gasteiger partial charge in [0.1, 0.15) is 11.9 Å². The van der Waals surface area contributed by atoms with E-state index in [9.17, 15) is 9.50 Å². The van der Waals surface area contributed by atoms with E-state index in [4.69, 9.17) is 5.73 Å². The van der Waals surface area contributed by atoms with Crippen molar-refractivity contribution in [1.29, 1.82) is 0 Å². The largest absolute Gasteiger partial charge is 0.398 e. The van der Waals surface area contributed by atoms with Gasteiger partial charge in [-0.1, -0.05) is 30.7 Å². The third kappa shape index (κ3) is 2.29. The summed E-state index contributed by atoms with van der Waals surface area (Å²) in [5, 5.41) is 10.6. The summed E-state index contributed by atoms with van der Waals surface area (Å²) in [6.45, 7) is 0. The summed E-state index contributed by atoms with van der Waals surface area (Å²) >= 11 is 0. The number of nitrogen functional groups attached to an aromatic ring is 1. The molecule has 2 aromatic carbocycles. The van der Waals surface area contributed by atoms with Crippen LogP contribution in [-0.4, -0.2) is 5.11 Å². The third-order valence-corrected chi connectivity index (χ3v) is 4.18. The second-order valence-electron chi connectivity index (χ2n) is 5.43. The van der Waals surface area contributed by atoms with Crippen LogP contribution in [0.2, 0.25) is 0 Å². The lowest BCUT2D eigenvalue weighted by molar-refractivity contribution is 0.217. The van der Waals surface area contributed by atoms with Gasteiger partial charge in [0.15, 0.2) is 0 Å². The molecule has 3 N–H and O–H groups in total. The molecule has 0 aliphatic heterocycles. The highest BCUT2D eigenvalue weighted by atomic mass is 19.1. The average Bonchev–Trinajstić information content (AvgIpc) is 2.39. The van der Waals surface area contributed by atoms with Gasteiger partial charge in [0.2, 0.25) is 0 Å². The van der Waals surface area contributed by atoms with Crippen LogP contribution in [0.5, 0.6) is 0 Å². The van der Waals surface area contributed by atoms with Crippen molar-refractivity contribution >= 4 is 5.69 Å². The number of halogens is 1. The molecular weight excluding hydrogens is 253 g/mol. The first-order valence-corrected chi connectivity index (χ1v) is 6.98. The van der Waals surface area contributed by atoms with Crippen molar-refractivity contribution in [3.8, 4) is 0 Å². The Morgan fingerprint density at radius 3 is 2.55 bits per heavy atom. The number of hydrogen-bond acceptors (Lipinski definition) is 2. The van der Waals surface area contributed by atoms with Gasteiger partial charge < -0.3 is 10.8 Å². The molecule has 0 amide bonds. The summed E-state index contributed by atoms with van der Waals surface area (Å²) in [4.78, 5) is 0. The number of aliphatic hydroxyl groups is 1. The lowest BCUT2D eigenvalue weighted by Gasteiger charge is -2.29. The van der Waals surface area contributed by atoms with E-state index in [0.29, 0.717) is 17.2 Å². The molecule has 104 valence electrons. The highest BCUT2D eigenvalue weighted by Gasteiger charge is 2.25. The van der Waals surface area contributed by atoms with E-state index in [1.165, 1.54) is 24.6 Å². The maximum absolute atomic E-state index is 13.4. The van der Waals surface area contributed by atoms with Gasteiger partial charge in [-0.2, -0.15) is 0 Å². The van der Waals surface area contributed by atoms with Crippen LogP contribution in [0, 0.1) is 5.82 Å². The van der Waals surface area contributed by atoms with Crippen LogP contribution in [0.4, 0.5) is 10.1 Å². The second-order valence-corrected chi connectivity index (χ2v) is 5.43. The van der Waals surface area contributed by atoms with Gasteiger partial charge >= 0.3 is 0 Å². The predicted molar refractivity (Wildman–Crippen MR) is 77.9 cm³/mol. The monoisotopic (exact) mass is 271 g/mol. The van der Waals surface area contributed by atoms with Crippen LogP contribution < -0.4 is 5.73 Å². The Labute approximate surface area is 118 Å². The first-order valence-electron chi connectivity index (χ1n) is 6.98. The van der Waals surface area contributed by atoms with E-state index in [0.717, 1.165) is 24.0 Å². The summed E-state index contributed by atoms with van der Waals surface area (Å²) in [6.07, 6.45) is 2.67. The molecule has 0 bridgehead atoms. The van der Waals surface area contributed by atoms with E-state index >= 15 is 0 Å². The molecule has 1 aliphatic rings. The summed E-state index contributed by atoms with van der Waals surface area (Å²) in [5.41, 5.74) is 8.74. The molecule has 0 saturated heterocycles. The fourth-order valence-corrected chi connectivity index (χ4v) is 2.80. The molecule has 1 saturated carbocycles. The minimum atomic E-state index is -0.873. The number of anilines is 1. The fraction of sp³-hybridized carbons (Fsp3) is 0.294. The standard InChI is InChI=1S/C17H18FNO/c18-12-8-9-16(19)15(10-12)17(20)14-7-2-1-6-13(14)11-4-3-5-11/h1-2,6-11,17,20H,3-5,19H2. The van der Waals surface area contributed by atoms with E-state index in [2.05, 4.69) is 6.07 Å². The van der Waals surface area contributed by atoms with Gasteiger partial charge in [-0.25, -0.2) is 4.39 Å². The van der Waals surface area contributed by atoms with Crippen LogP contribution in [-0.2, 0) is 0 Å². The number of benzene rings is 2. The van der Waals surface area contributed by atoms with Gasteiger partial charge in [0.25, 0.3) is 0 Å². The molecule has 3 rings (SSSR count). The molecule has 1 aliphatic carbocycles. The highest BCUT2D eigenvalue weighted by molar-refractivity contribution is 5.52. The number of aliphatic hydroxyl groups excluding tert-OH is 1. The van der Waals surface area contributed by atoms with Crippen molar-refractivity contribution in [1.82, 2.24) is 0 Å². The number of hydrogen-bond donors (Lipinski definition) is 2. The summed E-state index contributed by atoms with van der Waals surface area (Å²) in [6, 6.07) is 12.0. The molecule has 0 heterocycles. The zero-order chi connectivity index (χ0) is 14.1. The predicted octanol–water partition coefficient (Wildman–Crippen LogP) is 3.76. The van der Waals surface area contributed by atoms with Crippen LogP contribution in [0.3, 0.4) is 0 Å². The average molecular weight is 271 g/mol. The van der Waals surface area contributed by atoms with Crippen molar-refractivity contribution < 1.29 is 9.50 Å². The second kappa shape index (κ2) is 5.25. The molecule has 3 heteroatoms. The maximum atomic E-state index is 13.4. The molecule has 0 radical (unpaired) electrons. The zero-order valence-corrected chi connectivity index (χ0v) is 11.2. The van der Waals surface area contributed by atoms with E-state index in [-0.39, 0.29) is 5.82 Å². The van der Waals surface area contributed by atoms with Gasteiger partial charge in [-0.15, -0.1) is 0 Å². The van der Waals surface area contributed by atoms with E-state index in [1.54, 1.807) is 0 Å². The van der Waals surface area contributed by atoms with Crippen molar-refractivity contribution in [2.24, 2.45) is 0 Å². The Hall–Kier alpha value is -1.87. The fourth-order valence-electron chi connectivity index (χ4n) is 2.80. The van der Waals surface area contributed by atoms with E-state index in [1.807, 2.05) is 18.2 Å². The first-order chi connectivity index (χ1) is 9.66. The van der Waals surface area contributed by atoms with Crippen molar-refractivity contribution in [3.63, 3.8) is 0 Å². The Balaban J connectivity index is 2.01. The quantitative estimate of drug-likeness (QED) is 0.835. The molecule has 1 atom stereocenters. The van der Waals surface area contributed by atoms with Gasteiger partial charge in [-0.05, 0) is 48.1 Å². The smallest absolute Gasteiger partial charge is 0.123 e. The zero-order valence-electron chi connectivity index (χ0n) is 11.2. The van der Waals surface area contributed by atoms with E-state index < -0.39 is 6.10 Å². The Morgan fingerprint density at radius 1 is 1.10 bits per heavy atom. The maximum Gasteiger partial charge on any atom is 0.123 e. The molecule has 0 spiro atoms. The molecule has 1 fully saturated rings. The van der Waals surface area contributed by atoms with Crippen molar-refractivity contribution in [3.05, 3.63) is 65.0 Å². The van der Waals surface area contributed by atoms with Gasteiger partial charge in [0.05, 0.1) is 0 Å². The Kier molecular flexibility index (Phi) is 3.45. The minimum Gasteiger partial charge on any atom is -0.398 e. The Morgan fingerprint density at radius 2 is 1.85 bits per heavy atom. The SMILES string of the molecule is Nc1ccc(F)cc1C(O)c1ccccc1C1CCC1. The lowest BCUT2D eigenvalue weighted by Crippen LogP contribution is -2.14. The van der Waals surface area contributed by atoms with Crippen LogP contribution in [0.1, 0.15) is 48.0 Å². The lowest BCUT2D eigenvalue weighted by atomic mass is 9.77. The summed E-state index contributed by atoms with van der Waals surface area (Å²) in [5.74, 6) is 0.130. The summed E-state index contributed by atoms with van der Waals surface area (Å²) < 4.78 is 13.4. The van der Waals surface area contributed by atoms with Crippen molar-refractivity contribution in [2.45, 2.75) is 31.3 Å². The molecule has 1 unspecified atom stereocenters. The topological polar surface area (TPSA) is 46.2 Å². The Bertz CT molecular complexity index is 622. The molecular formula is C17H18FNO. The molecule has 20 heavy (non-hydrogen) atoms. The minimum absolute atomic E-state index is 0.380. The van der Waals surface area contributed by atoms with Crippen LogP contribution >= 0.6 is 0 Å². The third-order valence-electron chi connectivity index (χ3n) is 4.18. The number of rotatable bonds is 3. The number of nitrogens with two attached hydrogens (primary N) is 1. The molecule has 0 aromatic heterocycles. The van der Waals surface area contributed by atoms with Crippen molar-refractivity contribution in [2.75, 3.05) is 5.73 Å². The molecule has 2 nitrogen and oxygen atoms in total. The normalized spacial score (nSPS) is 16.7. The van der Waals surface area contributed by atoms with Gasteiger partial charge in [0, 0.05) is 11.3 Å². The highest BCUT2D eigenvalue weighted by Crippen LogP contribution is 2.41. The van der Waals surface area contributed by atoms with Gasteiger partial charge in [-0.3, -0.25) is 0 Å². The summed E-state index contributed by atoms with van der Waals surface area (Å²) in [7, 11) is 0. The van der Waals surface area contributed by atoms with Crippen LogP contribution in [0.15, 0.2) is 42.5 Å².